The molecule has 0 amide bonds. The van der Waals surface area contributed by atoms with Gasteiger partial charge in [0.25, 0.3) is 0 Å². The lowest BCUT2D eigenvalue weighted by molar-refractivity contribution is 0.131. The molecule has 14 heteroatoms. The van der Waals surface area contributed by atoms with Crippen LogP contribution in [0.25, 0.3) is 21.7 Å². The Labute approximate surface area is 287 Å². The van der Waals surface area contributed by atoms with Gasteiger partial charge in [0, 0.05) is 50.7 Å². The summed E-state index contributed by atoms with van der Waals surface area (Å²) in [6.45, 7) is 7.11. The van der Waals surface area contributed by atoms with E-state index in [1.54, 1.807) is 43.0 Å². The highest BCUT2D eigenvalue weighted by Gasteiger charge is 2.20. The minimum absolute atomic E-state index is 0.187. The maximum atomic E-state index is 7.11. The monoisotopic (exact) mass is 743 g/mol. The number of nitrogens with zero attached hydrogens (tertiary/aromatic N) is 4. The number of hydrogen-bond donors (Lipinski definition) is 3. The van der Waals surface area contributed by atoms with Crippen molar-refractivity contribution in [2.45, 2.75) is 31.9 Å². The quantitative estimate of drug-likeness (QED) is 0.124. The fourth-order valence-corrected chi connectivity index (χ4v) is 7.07. The number of allylic oxidation sites excluding steroid dienone is 2. The Morgan fingerprint density at radius 3 is 2.09 bits per heavy atom. The van der Waals surface area contributed by atoms with Gasteiger partial charge in [0.1, 0.15) is 0 Å². The van der Waals surface area contributed by atoms with E-state index in [2.05, 4.69) is 63.6 Å². The lowest BCUT2D eigenvalue weighted by Gasteiger charge is -2.21. The van der Waals surface area contributed by atoms with E-state index in [1.807, 2.05) is 36.5 Å². The van der Waals surface area contributed by atoms with Gasteiger partial charge >= 0.3 is 0 Å². The van der Waals surface area contributed by atoms with Crippen molar-refractivity contribution < 1.29 is 9.47 Å². The Morgan fingerprint density at radius 1 is 0.911 bits per heavy atom. The second-order valence-electron chi connectivity index (χ2n) is 9.74. The molecule has 5 aromatic heterocycles. The molecule has 0 saturated carbocycles. The molecule has 6 rings (SSSR count). The van der Waals surface area contributed by atoms with Crippen LogP contribution in [0.15, 0.2) is 65.4 Å². The molecule has 45 heavy (non-hydrogen) atoms. The lowest BCUT2D eigenvalue weighted by Crippen LogP contribution is -2.30. The summed E-state index contributed by atoms with van der Waals surface area (Å²) < 4.78 is 13.3. The lowest BCUT2D eigenvalue weighted by atomic mass is 10.1. The van der Waals surface area contributed by atoms with Crippen LogP contribution in [-0.4, -0.2) is 45.8 Å². The van der Waals surface area contributed by atoms with Crippen molar-refractivity contribution in [2.24, 2.45) is 0 Å². The van der Waals surface area contributed by atoms with E-state index in [9.17, 15) is 0 Å². The molecule has 0 spiro atoms. The molecule has 0 bridgehead atoms. The molecule has 6 heterocycles. The van der Waals surface area contributed by atoms with Crippen LogP contribution < -0.4 is 10.1 Å². The summed E-state index contributed by atoms with van der Waals surface area (Å²) in [7, 11) is 3.23. The molecule has 1 unspecified atom stereocenters. The number of hydrogen-bond acceptors (Lipinski definition) is 8. The first-order valence-electron chi connectivity index (χ1n) is 13.7. The normalized spacial score (nSPS) is 14.1. The van der Waals surface area contributed by atoms with Crippen LogP contribution in [0.4, 0.5) is 5.69 Å². The molecular formula is C31H28BrCl2N7O2S2. The number of pyridine rings is 1. The summed E-state index contributed by atoms with van der Waals surface area (Å²) in [4.78, 5) is 10.1. The number of aryl methyl sites for hydroxylation is 4. The van der Waals surface area contributed by atoms with Crippen LogP contribution in [0.1, 0.15) is 26.8 Å². The smallest absolute Gasteiger partial charge is 0.220 e. The van der Waals surface area contributed by atoms with Gasteiger partial charge in [-0.05, 0) is 90.2 Å². The molecule has 0 aliphatic carbocycles. The van der Waals surface area contributed by atoms with E-state index in [-0.39, 0.29) is 6.23 Å². The Hall–Kier alpha value is -3.44. The molecule has 0 saturated heterocycles. The second kappa shape index (κ2) is 15.7. The fourth-order valence-electron chi connectivity index (χ4n) is 4.52. The zero-order valence-electron chi connectivity index (χ0n) is 24.2. The molecule has 5 aromatic rings. The van der Waals surface area contributed by atoms with Crippen molar-refractivity contribution in [2.75, 3.05) is 14.2 Å². The molecule has 232 valence electrons. The average Bonchev–Trinajstić information content (AvgIpc) is 3.87. The number of dihydropyridines is 1. The molecule has 1 aliphatic rings. The third-order valence-electron chi connectivity index (χ3n) is 6.72. The van der Waals surface area contributed by atoms with E-state index in [4.69, 9.17) is 39.2 Å². The third kappa shape index (κ3) is 8.85. The van der Waals surface area contributed by atoms with Crippen molar-refractivity contribution >= 4 is 73.1 Å². The Balaban J connectivity index is 0.000000178. The van der Waals surface area contributed by atoms with Crippen LogP contribution in [0.2, 0.25) is 8.67 Å². The highest BCUT2D eigenvalue weighted by atomic mass is 79.9. The van der Waals surface area contributed by atoms with Gasteiger partial charge in [-0.15, -0.1) is 22.7 Å². The molecule has 0 fully saturated rings. The predicted molar refractivity (Wildman–Crippen MR) is 186 cm³/mol. The summed E-state index contributed by atoms with van der Waals surface area (Å²) >= 11 is 18.6. The number of rotatable bonds is 10. The van der Waals surface area contributed by atoms with E-state index < -0.39 is 0 Å². The molecule has 9 nitrogen and oxygen atoms in total. The van der Waals surface area contributed by atoms with Crippen molar-refractivity contribution in [3.8, 4) is 17.1 Å². The van der Waals surface area contributed by atoms with Crippen LogP contribution in [0.5, 0.6) is 5.88 Å². The van der Waals surface area contributed by atoms with Gasteiger partial charge in [-0.2, -0.15) is 10.2 Å². The largest absolute Gasteiger partial charge is 0.481 e. The van der Waals surface area contributed by atoms with Crippen LogP contribution in [-0.2, 0) is 30.4 Å². The minimum Gasteiger partial charge on any atom is -0.481 e. The number of nitrogens with one attached hydrogen (secondary N) is 3. The van der Waals surface area contributed by atoms with Crippen LogP contribution in [0, 0.1) is 6.57 Å². The molecule has 0 radical (unpaired) electrons. The average molecular weight is 746 g/mol. The van der Waals surface area contributed by atoms with Gasteiger partial charge in [0.05, 0.1) is 39.3 Å². The van der Waals surface area contributed by atoms with Crippen molar-refractivity contribution in [3.05, 3.63) is 112 Å². The summed E-state index contributed by atoms with van der Waals surface area (Å²) in [5, 5.41) is 18.0. The summed E-state index contributed by atoms with van der Waals surface area (Å²) in [6.07, 6.45) is 8.78. The standard InChI is InChI=1S/C16H13ClN4OS.C15H15BrClN3OS/c1-18-11-7-13(16(22-2)19-9-11)14-8-10(20-21-14)3-4-12-5-6-15(17)23-12;1-21-15-12(6-9(16)8-18-15)13-7-10(19-20-13)2-3-11-4-5-14(17)22-11/h5-9H,3-4H2,2H3,(H,20,21);4-8,15,18H,2-3H2,1H3,(H,19,20). The summed E-state index contributed by atoms with van der Waals surface area (Å²) in [5.41, 5.74) is 5.89. The van der Waals surface area contributed by atoms with Gasteiger partial charge < -0.3 is 14.8 Å². The molecule has 1 atom stereocenters. The van der Waals surface area contributed by atoms with Gasteiger partial charge in [-0.1, -0.05) is 23.2 Å². The third-order valence-corrected chi connectivity index (χ3v) is 9.76. The van der Waals surface area contributed by atoms with Crippen LogP contribution in [0.3, 0.4) is 0 Å². The van der Waals surface area contributed by atoms with Crippen LogP contribution >= 0.6 is 61.8 Å². The molecular weight excluding hydrogens is 717 g/mol. The molecule has 3 N–H and O–H groups in total. The number of aromatic nitrogens is 5. The predicted octanol–water partition coefficient (Wildman–Crippen LogP) is 8.64. The van der Waals surface area contributed by atoms with E-state index in [0.29, 0.717) is 17.1 Å². The highest BCUT2D eigenvalue weighted by molar-refractivity contribution is 9.11. The first-order valence-corrected chi connectivity index (χ1v) is 16.9. The Bertz CT molecular complexity index is 1850. The maximum Gasteiger partial charge on any atom is 0.220 e. The zero-order chi connectivity index (χ0) is 31.8. The first-order chi connectivity index (χ1) is 21.8. The first kappa shape index (κ1) is 32.9. The SMILES string of the molecule is COC1NC=C(Br)C=C1c1cc(CCc2ccc(Cl)s2)[nH]n1.[C-]#[N+]c1cnc(OC)c(-c2cc(CCc3ccc(Cl)s3)[nH]n2)c1. The van der Waals surface area contributed by atoms with Crippen molar-refractivity contribution in [1.82, 2.24) is 30.7 Å². The second-order valence-corrected chi connectivity index (χ2v) is 14.3. The number of ether oxygens (including phenoxy) is 2. The minimum atomic E-state index is -0.187. The van der Waals surface area contributed by atoms with Crippen molar-refractivity contribution in [1.29, 1.82) is 0 Å². The van der Waals surface area contributed by atoms with Gasteiger partial charge in [0.15, 0.2) is 6.23 Å². The topological polar surface area (TPSA) is 105 Å². The van der Waals surface area contributed by atoms with E-state index in [1.165, 1.54) is 16.0 Å². The number of aromatic amines is 2. The van der Waals surface area contributed by atoms with Gasteiger partial charge in [-0.25, -0.2) is 9.83 Å². The van der Waals surface area contributed by atoms with Gasteiger partial charge in [-0.3, -0.25) is 10.2 Å². The number of thiophene rings is 2. The highest BCUT2D eigenvalue weighted by Crippen LogP contribution is 2.31. The Kier molecular flexibility index (Phi) is 11.5. The van der Waals surface area contributed by atoms with Gasteiger partial charge in [0.2, 0.25) is 11.6 Å². The zero-order valence-corrected chi connectivity index (χ0v) is 29.0. The summed E-state index contributed by atoms with van der Waals surface area (Å²) in [5.74, 6) is 0.459. The molecule has 0 aromatic carbocycles. The fraction of sp³-hybridized carbons (Fsp3) is 0.226. The van der Waals surface area contributed by atoms with E-state index in [0.717, 1.165) is 67.2 Å². The Morgan fingerprint density at radius 2 is 1.53 bits per heavy atom. The maximum absolute atomic E-state index is 7.11. The van der Waals surface area contributed by atoms with E-state index >= 15 is 0 Å². The summed E-state index contributed by atoms with van der Waals surface area (Å²) in [6, 6.07) is 13.7. The number of halogens is 3. The number of H-pyrrole nitrogens is 2. The number of methoxy groups -OCH3 is 2. The molecule has 1 aliphatic heterocycles. The van der Waals surface area contributed by atoms with Crippen molar-refractivity contribution in [3.63, 3.8) is 0 Å².